The van der Waals surface area contributed by atoms with Gasteiger partial charge in [0.05, 0.1) is 6.04 Å². The number of hydrogen-bond donors (Lipinski definition) is 3. The highest BCUT2D eigenvalue weighted by Crippen LogP contribution is 2.37. The molecule has 1 aliphatic heterocycles. The first kappa shape index (κ1) is 14.3. The topological polar surface area (TPSA) is 70.2 Å². The molecule has 0 bridgehead atoms. The Morgan fingerprint density at radius 1 is 1.21 bits per heavy atom. The van der Waals surface area contributed by atoms with Crippen molar-refractivity contribution in [3.63, 3.8) is 0 Å². The Labute approximate surface area is 114 Å². The van der Waals surface area contributed by atoms with E-state index < -0.39 is 0 Å². The minimum Gasteiger partial charge on any atom is -0.356 e. The Morgan fingerprint density at radius 3 is 2.84 bits per heavy atom. The molecule has 0 aromatic rings. The molecule has 2 fully saturated rings. The molecular weight excluding hydrogens is 242 g/mol. The van der Waals surface area contributed by atoms with Crippen molar-refractivity contribution in [3.05, 3.63) is 0 Å². The molecule has 5 nitrogen and oxygen atoms in total. The number of carbonyl (C=O) groups is 2. The third-order valence-electron chi connectivity index (χ3n) is 4.25. The second kappa shape index (κ2) is 6.89. The monoisotopic (exact) mass is 267 g/mol. The molecule has 19 heavy (non-hydrogen) atoms. The quantitative estimate of drug-likeness (QED) is 0.653. The van der Waals surface area contributed by atoms with Gasteiger partial charge in [-0.3, -0.25) is 9.59 Å². The van der Waals surface area contributed by atoms with Crippen LogP contribution in [0.25, 0.3) is 0 Å². The molecule has 2 amide bonds. The van der Waals surface area contributed by atoms with Crippen LogP contribution in [-0.2, 0) is 9.59 Å². The van der Waals surface area contributed by atoms with Crippen LogP contribution in [0.1, 0.15) is 39.0 Å². The number of fused-ring (bicyclic) bond motifs is 1. The van der Waals surface area contributed by atoms with Gasteiger partial charge >= 0.3 is 0 Å². The van der Waals surface area contributed by atoms with Gasteiger partial charge in [0.2, 0.25) is 11.8 Å². The average molecular weight is 267 g/mol. The van der Waals surface area contributed by atoms with E-state index in [4.69, 9.17) is 0 Å². The molecule has 3 N–H and O–H groups in total. The van der Waals surface area contributed by atoms with Gasteiger partial charge in [0.15, 0.2) is 0 Å². The van der Waals surface area contributed by atoms with Crippen molar-refractivity contribution in [3.8, 4) is 0 Å². The third-order valence-corrected chi connectivity index (χ3v) is 4.25. The van der Waals surface area contributed by atoms with Crippen LogP contribution in [0.2, 0.25) is 0 Å². The summed E-state index contributed by atoms with van der Waals surface area (Å²) in [5.41, 5.74) is 0. The highest BCUT2D eigenvalue weighted by molar-refractivity contribution is 5.83. The van der Waals surface area contributed by atoms with Gasteiger partial charge < -0.3 is 16.0 Å². The molecule has 1 saturated carbocycles. The molecule has 1 aliphatic carbocycles. The Kier molecular flexibility index (Phi) is 5.19. The summed E-state index contributed by atoms with van der Waals surface area (Å²) in [5, 5.41) is 9.01. The Balaban J connectivity index is 1.66. The van der Waals surface area contributed by atoms with Gasteiger partial charge in [0, 0.05) is 19.5 Å². The summed E-state index contributed by atoms with van der Waals surface area (Å²) in [6.07, 6.45) is 4.97. The fourth-order valence-electron chi connectivity index (χ4n) is 3.24. The number of rotatable bonds is 6. The van der Waals surface area contributed by atoms with E-state index in [1.807, 2.05) is 6.92 Å². The molecule has 3 unspecified atom stereocenters. The first-order valence-electron chi connectivity index (χ1n) is 7.50. The molecule has 2 rings (SSSR count). The van der Waals surface area contributed by atoms with Crippen LogP contribution >= 0.6 is 0 Å². The second-order valence-electron chi connectivity index (χ2n) is 5.63. The smallest absolute Gasteiger partial charge is 0.237 e. The van der Waals surface area contributed by atoms with Crippen molar-refractivity contribution < 1.29 is 9.59 Å². The van der Waals surface area contributed by atoms with E-state index in [0.29, 0.717) is 31.3 Å². The van der Waals surface area contributed by atoms with Gasteiger partial charge in [0.25, 0.3) is 0 Å². The van der Waals surface area contributed by atoms with E-state index in [9.17, 15) is 9.59 Å². The standard InChI is InChI=1S/C14H25N3O2/c1-2-7-15-12(18)6-8-16-14(19)13-11-5-3-4-10(11)9-17-13/h10-11,13,17H,2-9H2,1H3,(H,15,18)(H,16,19). The number of nitrogens with one attached hydrogen (secondary N) is 3. The van der Waals surface area contributed by atoms with E-state index in [2.05, 4.69) is 16.0 Å². The van der Waals surface area contributed by atoms with E-state index in [1.165, 1.54) is 12.8 Å². The van der Waals surface area contributed by atoms with Crippen LogP contribution in [0.3, 0.4) is 0 Å². The van der Waals surface area contributed by atoms with Crippen molar-refractivity contribution in [1.29, 1.82) is 0 Å². The predicted octanol–water partition coefficient (Wildman–Crippen LogP) is 0.407. The van der Waals surface area contributed by atoms with E-state index in [0.717, 1.165) is 19.4 Å². The molecule has 1 heterocycles. The van der Waals surface area contributed by atoms with Crippen molar-refractivity contribution in [2.45, 2.75) is 45.1 Å². The van der Waals surface area contributed by atoms with Gasteiger partial charge in [0.1, 0.15) is 0 Å². The molecule has 0 radical (unpaired) electrons. The number of amides is 2. The summed E-state index contributed by atoms with van der Waals surface area (Å²) < 4.78 is 0. The van der Waals surface area contributed by atoms with Gasteiger partial charge in [-0.1, -0.05) is 13.3 Å². The fraction of sp³-hybridized carbons (Fsp3) is 0.857. The average Bonchev–Trinajstić information content (AvgIpc) is 2.98. The molecule has 0 aromatic carbocycles. The maximum absolute atomic E-state index is 12.1. The third kappa shape index (κ3) is 3.69. The van der Waals surface area contributed by atoms with Crippen LogP contribution in [0.4, 0.5) is 0 Å². The fourth-order valence-corrected chi connectivity index (χ4v) is 3.24. The predicted molar refractivity (Wildman–Crippen MR) is 73.5 cm³/mol. The SMILES string of the molecule is CCCNC(=O)CCNC(=O)C1NCC2CCCC21. The molecule has 3 atom stereocenters. The summed E-state index contributed by atoms with van der Waals surface area (Å²) >= 11 is 0. The van der Waals surface area contributed by atoms with Crippen molar-refractivity contribution in [1.82, 2.24) is 16.0 Å². The number of hydrogen-bond acceptors (Lipinski definition) is 3. The van der Waals surface area contributed by atoms with Gasteiger partial charge in [-0.2, -0.15) is 0 Å². The van der Waals surface area contributed by atoms with E-state index in [-0.39, 0.29) is 17.9 Å². The van der Waals surface area contributed by atoms with Gasteiger partial charge in [-0.15, -0.1) is 0 Å². The molecule has 108 valence electrons. The summed E-state index contributed by atoms with van der Waals surface area (Å²) in [4.78, 5) is 23.5. The maximum Gasteiger partial charge on any atom is 0.237 e. The highest BCUT2D eigenvalue weighted by atomic mass is 16.2. The summed E-state index contributed by atoms with van der Waals surface area (Å²) in [6.45, 7) is 4.14. The van der Waals surface area contributed by atoms with Crippen LogP contribution < -0.4 is 16.0 Å². The summed E-state index contributed by atoms with van der Waals surface area (Å²) in [6, 6.07) is -0.0359. The zero-order valence-corrected chi connectivity index (χ0v) is 11.7. The normalized spacial score (nSPS) is 29.0. The van der Waals surface area contributed by atoms with Crippen molar-refractivity contribution in [2.24, 2.45) is 11.8 Å². The first-order valence-corrected chi connectivity index (χ1v) is 7.50. The lowest BCUT2D eigenvalue weighted by atomic mass is 9.93. The molecular formula is C14H25N3O2. The van der Waals surface area contributed by atoms with Crippen LogP contribution in [0.15, 0.2) is 0 Å². The van der Waals surface area contributed by atoms with Gasteiger partial charge in [-0.05, 0) is 37.6 Å². The van der Waals surface area contributed by atoms with Crippen LogP contribution in [0.5, 0.6) is 0 Å². The lowest BCUT2D eigenvalue weighted by Crippen LogP contribution is -2.44. The Morgan fingerprint density at radius 2 is 2.05 bits per heavy atom. The zero-order valence-electron chi connectivity index (χ0n) is 11.7. The molecule has 0 spiro atoms. The summed E-state index contributed by atoms with van der Waals surface area (Å²) in [5.74, 6) is 1.27. The molecule has 2 aliphatic rings. The lowest BCUT2D eigenvalue weighted by molar-refractivity contribution is -0.124. The van der Waals surface area contributed by atoms with E-state index >= 15 is 0 Å². The highest BCUT2D eigenvalue weighted by Gasteiger charge is 2.42. The largest absolute Gasteiger partial charge is 0.356 e. The lowest BCUT2D eigenvalue weighted by Gasteiger charge is -2.17. The number of carbonyl (C=O) groups excluding carboxylic acids is 2. The molecule has 5 heteroatoms. The molecule has 1 saturated heterocycles. The zero-order chi connectivity index (χ0) is 13.7. The molecule has 0 aromatic heterocycles. The van der Waals surface area contributed by atoms with Crippen LogP contribution in [-0.4, -0.2) is 37.5 Å². The second-order valence-corrected chi connectivity index (χ2v) is 5.63. The van der Waals surface area contributed by atoms with E-state index in [1.54, 1.807) is 0 Å². The minimum absolute atomic E-state index is 0.0141. The first-order chi connectivity index (χ1) is 9.22. The van der Waals surface area contributed by atoms with Crippen LogP contribution in [0, 0.1) is 11.8 Å². The minimum atomic E-state index is -0.0359. The van der Waals surface area contributed by atoms with Gasteiger partial charge in [-0.25, -0.2) is 0 Å². The maximum atomic E-state index is 12.1. The summed E-state index contributed by atoms with van der Waals surface area (Å²) in [7, 11) is 0. The van der Waals surface area contributed by atoms with Crippen molar-refractivity contribution in [2.75, 3.05) is 19.6 Å². The van der Waals surface area contributed by atoms with Crippen molar-refractivity contribution >= 4 is 11.8 Å². The Bertz CT molecular complexity index is 333. The Hall–Kier alpha value is -1.10.